The topological polar surface area (TPSA) is 144 Å². The third-order valence-electron chi connectivity index (χ3n) is 6.72. The molecule has 0 saturated heterocycles. The number of benzene rings is 2. The number of aromatic amines is 1. The van der Waals surface area contributed by atoms with E-state index >= 15 is 0 Å². The molecule has 0 saturated carbocycles. The van der Waals surface area contributed by atoms with Crippen molar-refractivity contribution in [3.63, 3.8) is 0 Å². The van der Waals surface area contributed by atoms with E-state index in [-0.39, 0.29) is 23.1 Å². The van der Waals surface area contributed by atoms with Gasteiger partial charge < -0.3 is 10.1 Å². The number of H-pyrrole nitrogens is 1. The van der Waals surface area contributed by atoms with Gasteiger partial charge in [0.1, 0.15) is 5.60 Å². The highest BCUT2D eigenvalue weighted by Crippen LogP contribution is 2.30. The van der Waals surface area contributed by atoms with Crippen molar-refractivity contribution in [2.75, 3.05) is 6.54 Å². The zero-order chi connectivity index (χ0) is 32.5. The Kier molecular flexibility index (Phi) is 10.7. The summed E-state index contributed by atoms with van der Waals surface area (Å²) in [6.07, 6.45) is 5.46. The number of ether oxygens (including phenoxy) is 1. The molecule has 0 aliphatic rings. The number of aromatic nitrogens is 4. The molecule has 5 rings (SSSR count). The number of esters is 1. The van der Waals surface area contributed by atoms with E-state index in [1.54, 1.807) is 23.7 Å². The maximum absolute atomic E-state index is 13.5. The average molecular weight is 658 g/mol. The van der Waals surface area contributed by atoms with Crippen LogP contribution in [0.1, 0.15) is 63.2 Å². The molecule has 2 aromatic carbocycles. The van der Waals surface area contributed by atoms with Gasteiger partial charge in [0, 0.05) is 46.6 Å². The largest absolute Gasteiger partial charge is 0.460 e. The molecule has 2 N–H and O–H groups in total. The number of unbranched alkanes of at least 4 members (excludes halogenated alkanes) is 3. The number of carbonyl (C=O) groups is 2. The lowest BCUT2D eigenvalue weighted by Gasteiger charge is -2.19. The third kappa shape index (κ3) is 8.70. The summed E-state index contributed by atoms with van der Waals surface area (Å²) in [5.74, 6) is -0.321. The van der Waals surface area contributed by atoms with Crippen molar-refractivity contribution in [1.82, 2.24) is 25.1 Å². The minimum Gasteiger partial charge on any atom is -0.460 e. The number of nitrogens with one attached hydrogen (secondary N) is 2. The van der Waals surface area contributed by atoms with Gasteiger partial charge in [0.2, 0.25) is 10.3 Å². The minimum atomic E-state index is -0.458. The van der Waals surface area contributed by atoms with Crippen molar-refractivity contribution in [1.29, 1.82) is 0 Å². The number of carbonyl (C=O) groups excluding carboxylic acids is 2. The van der Waals surface area contributed by atoms with Crippen LogP contribution in [0.5, 0.6) is 0 Å². The van der Waals surface area contributed by atoms with E-state index in [1.165, 1.54) is 27.4 Å². The number of hydrogen-bond donors (Lipinski definition) is 2. The second kappa shape index (κ2) is 15.0. The van der Waals surface area contributed by atoms with Gasteiger partial charge in [-0.15, -0.1) is 32.9 Å². The predicted molar refractivity (Wildman–Crippen MR) is 180 cm³/mol. The van der Waals surface area contributed by atoms with E-state index in [0.717, 1.165) is 36.8 Å². The van der Waals surface area contributed by atoms with Gasteiger partial charge in [-0.3, -0.25) is 19.5 Å². The van der Waals surface area contributed by atoms with Crippen LogP contribution in [0, 0.1) is 0 Å². The fourth-order valence-electron chi connectivity index (χ4n) is 4.56. The molecule has 0 fully saturated rings. The molecule has 13 heteroatoms. The lowest BCUT2D eigenvalue weighted by Crippen LogP contribution is -2.24. The van der Waals surface area contributed by atoms with Gasteiger partial charge in [0.05, 0.1) is 11.4 Å². The molecule has 46 heavy (non-hydrogen) atoms. The van der Waals surface area contributed by atoms with Crippen molar-refractivity contribution >= 4 is 45.4 Å². The predicted octanol–water partition coefficient (Wildman–Crippen LogP) is 7.85. The van der Waals surface area contributed by atoms with E-state index in [9.17, 15) is 14.4 Å². The zero-order valence-electron chi connectivity index (χ0n) is 25.9. The number of amides is 1. The first kappa shape index (κ1) is 32.6. The summed E-state index contributed by atoms with van der Waals surface area (Å²) in [6.45, 7) is 6.15. The van der Waals surface area contributed by atoms with Crippen LogP contribution in [0.25, 0.3) is 27.6 Å². The molecule has 0 radical (unpaired) electrons. The Morgan fingerprint density at radius 3 is 2.43 bits per heavy atom. The maximum atomic E-state index is 13.5. The second-order valence-electron chi connectivity index (χ2n) is 11.5. The third-order valence-corrected chi connectivity index (χ3v) is 8.20. The van der Waals surface area contributed by atoms with Gasteiger partial charge in [-0.25, -0.2) is 9.97 Å². The molecule has 0 atom stereocenters. The van der Waals surface area contributed by atoms with Gasteiger partial charge in [-0.2, -0.15) is 4.68 Å². The lowest BCUT2D eigenvalue weighted by atomic mass is 10.1. The minimum absolute atomic E-state index is 0.148. The van der Waals surface area contributed by atoms with Crippen LogP contribution < -0.4 is 10.9 Å². The van der Waals surface area contributed by atoms with E-state index in [1.807, 2.05) is 68.6 Å². The van der Waals surface area contributed by atoms with Gasteiger partial charge in [-0.05, 0) is 45.7 Å². The van der Waals surface area contributed by atoms with Crippen LogP contribution in [0.4, 0.5) is 10.8 Å². The number of hydrogen-bond acceptors (Lipinski definition) is 10. The van der Waals surface area contributed by atoms with Gasteiger partial charge >= 0.3 is 11.5 Å². The van der Waals surface area contributed by atoms with Gasteiger partial charge in [0.25, 0.3) is 5.91 Å². The van der Waals surface area contributed by atoms with Crippen LogP contribution in [0.3, 0.4) is 0 Å². The van der Waals surface area contributed by atoms with Crippen molar-refractivity contribution in [2.24, 2.45) is 10.2 Å². The molecule has 0 bridgehead atoms. The summed E-state index contributed by atoms with van der Waals surface area (Å²) in [5, 5.41) is 19.1. The number of rotatable bonds is 13. The molecule has 1 amide bonds. The number of nitrogens with zero attached hydrogens (tertiary/aromatic N) is 5. The van der Waals surface area contributed by atoms with Crippen LogP contribution in [0.15, 0.2) is 86.6 Å². The molecular weight excluding hydrogens is 623 g/mol. The Labute approximate surface area is 274 Å². The van der Waals surface area contributed by atoms with Crippen LogP contribution in [0.2, 0.25) is 0 Å². The molecule has 0 aliphatic heterocycles. The smallest absolute Gasteiger partial charge is 0.306 e. The first-order valence-corrected chi connectivity index (χ1v) is 16.7. The maximum Gasteiger partial charge on any atom is 0.306 e. The summed E-state index contributed by atoms with van der Waals surface area (Å²) in [5.41, 5.74) is 2.67. The van der Waals surface area contributed by atoms with E-state index in [0.29, 0.717) is 40.2 Å². The highest BCUT2D eigenvalue weighted by molar-refractivity contribution is 7.13. The first-order valence-electron chi connectivity index (χ1n) is 15.0. The molecule has 3 heterocycles. The molecule has 0 unspecified atom stereocenters. The zero-order valence-corrected chi connectivity index (χ0v) is 27.5. The quantitative estimate of drug-likeness (QED) is 0.0750. The van der Waals surface area contributed by atoms with Crippen molar-refractivity contribution < 1.29 is 14.3 Å². The molecule has 3 aromatic heterocycles. The van der Waals surface area contributed by atoms with E-state index < -0.39 is 5.60 Å². The van der Waals surface area contributed by atoms with Crippen LogP contribution in [-0.2, 0) is 9.53 Å². The average Bonchev–Trinajstić information content (AvgIpc) is 3.80. The van der Waals surface area contributed by atoms with E-state index in [2.05, 4.69) is 25.6 Å². The van der Waals surface area contributed by atoms with Gasteiger partial charge in [0.15, 0.2) is 5.69 Å². The Bertz CT molecular complexity index is 1840. The molecule has 5 aromatic rings. The fourth-order valence-corrected chi connectivity index (χ4v) is 5.80. The SMILES string of the molecule is CC(C)(C)OC(=O)CCCCCCNC(=O)c1ccc(-c2csc(-n3[nH]c(-c4ccccc4)c(N=Nc4nccs4)c3=O)n2)cc1. The summed E-state index contributed by atoms with van der Waals surface area (Å²) in [7, 11) is 0. The first-order chi connectivity index (χ1) is 22.2. The van der Waals surface area contributed by atoms with Crippen LogP contribution >= 0.6 is 22.7 Å². The highest BCUT2D eigenvalue weighted by Gasteiger charge is 2.20. The Morgan fingerprint density at radius 2 is 1.72 bits per heavy atom. The van der Waals surface area contributed by atoms with E-state index in [4.69, 9.17) is 9.72 Å². The Balaban J connectivity index is 1.19. The summed E-state index contributed by atoms with van der Waals surface area (Å²) >= 11 is 2.64. The Hall–Kier alpha value is -4.75. The highest BCUT2D eigenvalue weighted by atomic mass is 32.1. The molecule has 238 valence electrons. The molecular formula is C33H35N7O4S2. The normalized spacial score (nSPS) is 11.6. The molecule has 0 aliphatic carbocycles. The Morgan fingerprint density at radius 1 is 0.957 bits per heavy atom. The second-order valence-corrected chi connectivity index (χ2v) is 13.2. The fraction of sp³-hybridized carbons (Fsp3) is 0.303. The van der Waals surface area contributed by atoms with Crippen molar-refractivity contribution in [3.8, 4) is 27.6 Å². The molecule has 0 spiro atoms. The van der Waals surface area contributed by atoms with Gasteiger partial charge in [-0.1, -0.05) is 55.3 Å². The van der Waals surface area contributed by atoms with Crippen molar-refractivity contribution in [3.05, 3.63) is 87.5 Å². The monoisotopic (exact) mass is 657 g/mol. The number of azo groups is 1. The summed E-state index contributed by atoms with van der Waals surface area (Å²) in [6, 6.07) is 16.6. The summed E-state index contributed by atoms with van der Waals surface area (Å²) in [4.78, 5) is 46.8. The van der Waals surface area contributed by atoms with Crippen LogP contribution in [-0.4, -0.2) is 43.8 Å². The summed E-state index contributed by atoms with van der Waals surface area (Å²) < 4.78 is 6.69. The standard InChI is InChI=1S/C33H35N7O4S2/c1-33(2,3)44-26(41)13-9-4-5-10-18-34-29(42)24-16-14-22(15-17-24)25-21-46-32(36-25)40-30(43)28(37-38-31-35-19-20-45-31)27(39-40)23-11-7-6-8-12-23/h6-8,11-12,14-17,19-21,39H,4-5,9-10,13,18H2,1-3H3,(H,34,42). The lowest BCUT2D eigenvalue weighted by molar-refractivity contribution is -0.154. The van der Waals surface area contributed by atoms with Crippen molar-refractivity contribution in [2.45, 2.75) is 58.5 Å². The molecule has 11 nitrogen and oxygen atoms in total. The number of thiazole rings is 2.